The molecule has 0 spiro atoms. The minimum atomic E-state index is -0.919. The van der Waals surface area contributed by atoms with Crippen LogP contribution in [0.3, 0.4) is 0 Å². The molecular formula is C16H22ClNO2S. The van der Waals surface area contributed by atoms with Gasteiger partial charge in [0, 0.05) is 35.3 Å². The SMILES string of the molecule is CSCC(C)C(=O)N1CCC(O)(c2ccccc2Cl)CC1. The maximum atomic E-state index is 12.3. The summed E-state index contributed by atoms with van der Waals surface area (Å²) in [6, 6.07) is 7.41. The number of amides is 1. The number of halogens is 1. The highest BCUT2D eigenvalue weighted by atomic mass is 35.5. The van der Waals surface area contributed by atoms with Crippen molar-refractivity contribution in [2.75, 3.05) is 25.1 Å². The molecule has 1 unspecified atom stereocenters. The molecule has 5 heteroatoms. The summed E-state index contributed by atoms with van der Waals surface area (Å²) >= 11 is 7.88. The second-order valence-electron chi connectivity index (χ2n) is 5.69. The molecule has 1 N–H and O–H groups in total. The van der Waals surface area contributed by atoms with Crippen molar-refractivity contribution in [3.63, 3.8) is 0 Å². The molecule has 1 heterocycles. The first-order chi connectivity index (χ1) is 9.98. The van der Waals surface area contributed by atoms with Crippen LogP contribution in [0, 0.1) is 5.92 Å². The van der Waals surface area contributed by atoms with E-state index in [1.165, 1.54) is 0 Å². The van der Waals surface area contributed by atoms with E-state index in [0.29, 0.717) is 31.0 Å². The van der Waals surface area contributed by atoms with Crippen LogP contribution in [0.2, 0.25) is 5.02 Å². The van der Waals surface area contributed by atoms with Crippen molar-refractivity contribution in [1.82, 2.24) is 4.90 Å². The molecule has 21 heavy (non-hydrogen) atoms. The van der Waals surface area contributed by atoms with E-state index in [9.17, 15) is 9.90 Å². The van der Waals surface area contributed by atoms with Gasteiger partial charge in [-0.1, -0.05) is 36.7 Å². The molecule has 1 saturated heterocycles. The molecule has 0 bridgehead atoms. The Morgan fingerprint density at radius 2 is 2.05 bits per heavy atom. The van der Waals surface area contributed by atoms with Crippen LogP contribution in [0.4, 0.5) is 0 Å². The average molecular weight is 328 g/mol. The van der Waals surface area contributed by atoms with E-state index >= 15 is 0 Å². The maximum Gasteiger partial charge on any atom is 0.226 e. The quantitative estimate of drug-likeness (QED) is 0.923. The van der Waals surface area contributed by atoms with E-state index in [-0.39, 0.29) is 11.8 Å². The molecule has 1 aliphatic rings. The Balaban J connectivity index is 2.03. The van der Waals surface area contributed by atoms with E-state index in [4.69, 9.17) is 11.6 Å². The molecule has 1 fully saturated rings. The van der Waals surface area contributed by atoms with E-state index in [0.717, 1.165) is 11.3 Å². The van der Waals surface area contributed by atoms with Crippen LogP contribution in [-0.2, 0) is 10.4 Å². The van der Waals surface area contributed by atoms with E-state index in [1.807, 2.05) is 36.3 Å². The second-order valence-corrected chi connectivity index (χ2v) is 7.01. The van der Waals surface area contributed by atoms with Crippen molar-refractivity contribution >= 4 is 29.3 Å². The molecule has 1 amide bonds. The third-order valence-electron chi connectivity index (χ3n) is 4.12. The Morgan fingerprint density at radius 1 is 1.43 bits per heavy atom. The Kier molecular flexibility index (Phi) is 5.58. The molecule has 1 atom stereocenters. The molecule has 1 aromatic rings. The average Bonchev–Trinajstić information content (AvgIpc) is 2.48. The van der Waals surface area contributed by atoms with Crippen LogP contribution in [0.1, 0.15) is 25.3 Å². The maximum absolute atomic E-state index is 12.3. The first kappa shape index (κ1) is 16.7. The fourth-order valence-corrected chi connectivity index (χ4v) is 3.79. The van der Waals surface area contributed by atoms with Gasteiger partial charge in [-0.2, -0.15) is 11.8 Å². The predicted octanol–water partition coefficient (Wildman–Crippen LogP) is 3.15. The number of aliphatic hydroxyl groups is 1. The normalized spacial score (nSPS) is 19.3. The van der Waals surface area contributed by atoms with Crippen molar-refractivity contribution in [1.29, 1.82) is 0 Å². The lowest BCUT2D eigenvalue weighted by Crippen LogP contribution is -2.47. The molecule has 0 saturated carbocycles. The number of benzene rings is 1. The van der Waals surface area contributed by atoms with Crippen molar-refractivity contribution in [3.05, 3.63) is 34.9 Å². The summed E-state index contributed by atoms with van der Waals surface area (Å²) in [7, 11) is 0. The highest BCUT2D eigenvalue weighted by Crippen LogP contribution is 2.36. The number of rotatable bonds is 4. The number of nitrogens with zero attached hydrogens (tertiary/aromatic N) is 1. The van der Waals surface area contributed by atoms with Gasteiger partial charge >= 0.3 is 0 Å². The highest BCUT2D eigenvalue weighted by Gasteiger charge is 2.37. The van der Waals surface area contributed by atoms with Crippen LogP contribution in [0.5, 0.6) is 0 Å². The lowest BCUT2D eigenvalue weighted by atomic mass is 9.84. The summed E-state index contributed by atoms with van der Waals surface area (Å²) in [5.41, 5.74) is -0.145. The summed E-state index contributed by atoms with van der Waals surface area (Å²) < 4.78 is 0. The van der Waals surface area contributed by atoms with Crippen molar-refractivity contribution < 1.29 is 9.90 Å². The van der Waals surface area contributed by atoms with Gasteiger partial charge in [-0.3, -0.25) is 4.79 Å². The fraction of sp³-hybridized carbons (Fsp3) is 0.562. The Labute approximate surface area is 135 Å². The Morgan fingerprint density at radius 3 is 2.62 bits per heavy atom. The van der Waals surface area contributed by atoms with Crippen LogP contribution in [0.15, 0.2) is 24.3 Å². The van der Waals surface area contributed by atoms with Crippen molar-refractivity contribution in [2.45, 2.75) is 25.4 Å². The van der Waals surface area contributed by atoms with Gasteiger partial charge in [0.05, 0.1) is 5.60 Å². The molecule has 1 aromatic carbocycles. The smallest absolute Gasteiger partial charge is 0.226 e. The zero-order chi connectivity index (χ0) is 15.5. The first-order valence-electron chi connectivity index (χ1n) is 7.23. The second kappa shape index (κ2) is 7.03. The number of hydrogen-bond donors (Lipinski definition) is 1. The molecule has 0 aromatic heterocycles. The predicted molar refractivity (Wildman–Crippen MR) is 88.7 cm³/mol. The number of carbonyl (C=O) groups excluding carboxylic acids is 1. The van der Waals surface area contributed by atoms with Gasteiger partial charge < -0.3 is 10.0 Å². The molecule has 0 radical (unpaired) electrons. The van der Waals surface area contributed by atoms with Gasteiger partial charge in [-0.05, 0) is 25.2 Å². The summed E-state index contributed by atoms with van der Waals surface area (Å²) in [5.74, 6) is 1.06. The van der Waals surface area contributed by atoms with E-state index < -0.39 is 5.60 Å². The van der Waals surface area contributed by atoms with E-state index in [2.05, 4.69) is 0 Å². The molecule has 116 valence electrons. The summed E-state index contributed by atoms with van der Waals surface area (Å²) in [4.78, 5) is 14.2. The van der Waals surface area contributed by atoms with Gasteiger partial charge in [-0.15, -0.1) is 0 Å². The largest absolute Gasteiger partial charge is 0.385 e. The van der Waals surface area contributed by atoms with E-state index in [1.54, 1.807) is 17.8 Å². The van der Waals surface area contributed by atoms with Crippen molar-refractivity contribution in [2.24, 2.45) is 5.92 Å². The molecule has 3 nitrogen and oxygen atoms in total. The number of carbonyl (C=O) groups is 1. The van der Waals surface area contributed by atoms with Crippen LogP contribution in [0.25, 0.3) is 0 Å². The highest BCUT2D eigenvalue weighted by molar-refractivity contribution is 7.98. The first-order valence-corrected chi connectivity index (χ1v) is 9.00. The molecule has 1 aliphatic heterocycles. The lowest BCUT2D eigenvalue weighted by molar-refractivity contribution is -0.138. The van der Waals surface area contributed by atoms with Gasteiger partial charge in [-0.25, -0.2) is 0 Å². The molecular weight excluding hydrogens is 306 g/mol. The number of thioether (sulfide) groups is 1. The van der Waals surface area contributed by atoms with Crippen LogP contribution < -0.4 is 0 Å². The van der Waals surface area contributed by atoms with Gasteiger partial charge in [0.25, 0.3) is 0 Å². The van der Waals surface area contributed by atoms with Crippen molar-refractivity contribution in [3.8, 4) is 0 Å². The lowest BCUT2D eigenvalue weighted by Gasteiger charge is -2.39. The fourth-order valence-electron chi connectivity index (χ4n) is 2.84. The summed E-state index contributed by atoms with van der Waals surface area (Å²) in [5, 5.41) is 11.4. The van der Waals surface area contributed by atoms with Gasteiger partial charge in [0.15, 0.2) is 0 Å². The molecule has 2 rings (SSSR count). The minimum absolute atomic E-state index is 0.0338. The summed E-state index contributed by atoms with van der Waals surface area (Å²) in [6.45, 7) is 3.13. The number of hydrogen-bond acceptors (Lipinski definition) is 3. The third-order valence-corrected chi connectivity index (χ3v) is 5.28. The monoisotopic (exact) mass is 327 g/mol. The topological polar surface area (TPSA) is 40.5 Å². The zero-order valence-corrected chi connectivity index (χ0v) is 14.1. The number of piperidine rings is 1. The summed E-state index contributed by atoms with van der Waals surface area (Å²) in [6.07, 6.45) is 3.08. The molecule has 0 aliphatic carbocycles. The van der Waals surface area contributed by atoms with Crippen LogP contribution >= 0.6 is 23.4 Å². The zero-order valence-electron chi connectivity index (χ0n) is 12.5. The minimum Gasteiger partial charge on any atom is -0.385 e. The standard InChI is InChI=1S/C16H22ClNO2S/c1-12(11-21-2)15(19)18-9-7-16(20,8-10-18)13-5-3-4-6-14(13)17/h3-6,12,20H,7-11H2,1-2H3. The van der Waals surface area contributed by atoms with Crippen LogP contribution in [-0.4, -0.2) is 41.0 Å². The van der Waals surface area contributed by atoms with Gasteiger partial charge in [0.2, 0.25) is 5.91 Å². The number of likely N-dealkylation sites (tertiary alicyclic amines) is 1. The Bertz CT molecular complexity index is 501. The third kappa shape index (κ3) is 3.74. The van der Waals surface area contributed by atoms with Gasteiger partial charge in [0.1, 0.15) is 0 Å². The Hall–Kier alpha value is -0.710.